The number of carbonyl (C=O) groups excluding carboxylic acids is 1. The van der Waals surface area contributed by atoms with Gasteiger partial charge in [0.2, 0.25) is 5.91 Å². The second-order valence-electron chi connectivity index (χ2n) is 6.49. The molecule has 1 amide bonds. The van der Waals surface area contributed by atoms with E-state index < -0.39 is 0 Å². The van der Waals surface area contributed by atoms with E-state index in [0.717, 1.165) is 31.5 Å². The molecule has 2 fully saturated rings. The van der Waals surface area contributed by atoms with Gasteiger partial charge in [-0.3, -0.25) is 9.48 Å². The summed E-state index contributed by atoms with van der Waals surface area (Å²) in [6, 6.07) is 0.154. The molecule has 3 rings (SSSR count). The second-order valence-corrected chi connectivity index (χ2v) is 6.49. The van der Waals surface area contributed by atoms with Gasteiger partial charge in [-0.15, -0.1) is 0 Å². The summed E-state index contributed by atoms with van der Waals surface area (Å²) in [5.74, 6) is 0.328. The van der Waals surface area contributed by atoms with Crippen molar-refractivity contribution in [1.82, 2.24) is 20.4 Å². The van der Waals surface area contributed by atoms with Crippen LogP contribution in [-0.4, -0.2) is 48.0 Å². The molecular weight excluding hydrogens is 280 g/mol. The molecule has 2 N–H and O–H groups in total. The highest BCUT2D eigenvalue weighted by molar-refractivity contribution is 5.80. The predicted octanol–water partition coefficient (Wildman–Crippen LogP) is 0.797. The van der Waals surface area contributed by atoms with E-state index >= 15 is 0 Å². The third-order valence-corrected chi connectivity index (χ3v) is 5.04. The molecule has 6 heteroatoms. The number of aryl methyl sites for hydroxylation is 1. The first kappa shape index (κ1) is 15.5. The molecule has 1 aromatic heterocycles. The molecule has 0 bridgehead atoms. The number of ether oxygens (including phenoxy) is 1. The van der Waals surface area contributed by atoms with Crippen molar-refractivity contribution in [2.75, 3.05) is 20.2 Å². The molecule has 1 aliphatic carbocycles. The highest BCUT2D eigenvalue weighted by Gasteiger charge is 2.36. The molecule has 0 aromatic carbocycles. The van der Waals surface area contributed by atoms with Gasteiger partial charge in [0.25, 0.3) is 0 Å². The summed E-state index contributed by atoms with van der Waals surface area (Å²) >= 11 is 0. The van der Waals surface area contributed by atoms with Gasteiger partial charge in [0.05, 0.1) is 24.3 Å². The first-order valence-corrected chi connectivity index (χ1v) is 8.21. The molecule has 4 atom stereocenters. The number of carbonyl (C=O) groups is 1. The summed E-state index contributed by atoms with van der Waals surface area (Å²) in [6.45, 7) is 1.57. The molecule has 6 nitrogen and oxygen atoms in total. The summed E-state index contributed by atoms with van der Waals surface area (Å²) in [7, 11) is 3.65. The molecule has 1 aromatic rings. The number of amides is 1. The maximum absolute atomic E-state index is 12.7. The fourth-order valence-electron chi connectivity index (χ4n) is 3.77. The molecule has 1 saturated heterocycles. The van der Waals surface area contributed by atoms with Crippen molar-refractivity contribution >= 4 is 5.91 Å². The molecule has 0 spiro atoms. The molecule has 0 radical (unpaired) electrons. The first-order valence-electron chi connectivity index (χ1n) is 8.21. The van der Waals surface area contributed by atoms with E-state index in [1.54, 1.807) is 11.8 Å². The fraction of sp³-hybridized carbons (Fsp3) is 0.750. The lowest BCUT2D eigenvalue weighted by molar-refractivity contribution is -0.127. The Labute approximate surface area is 131 Å². The van der Waals surface area contributed by atoms with E-state index in [1.165, 1.54) is 12.8 Å². The van der Waals surface area contributed by atoms with Crippen molar-refractivity contribution < 1.29 is 9.53 Å². The highest BCUT2D eigenvalue weighted by atomic mass is 16.5. The van der Waals surface area contributed by atoms with Gasteiger partial charge < -0.3 is 15.4 Å². The van der Waals surface area contributed by atoms with Crippen LogP contribution < -0.4 is 10.6 Å². The monoisotopic (exact) mass is 306 g/mol. The smallest absolute Gasteiger partial charge is 0.225 e. The lowest BCUT2D eigenvalue weighted by Gasteiger charge is -2.32. The predicted molar refractivity (Wildman–Crippen MR) is 83.5 cm³/mol. The van der Waals surface area contributed by atoms with Crippen LogP contribution in [0.4, 0.5) is 0 Å². The lowest BCUT2D eigenvalue weighted by atomic mass is 9.88. The van der Waals surface area contributed by atoms with Crippen LogP contribution in [0.2, 0.25) is 0 Å². The Morgan fingerprint density at radius 2 is 2.23 bits per heavy atom. The zero-order chi connectivity index (χ0) is 15.5. The molecule has 2 aliphatic rings. The third kappa shape index (κ3) is 3.17. The quantitative estimate of drug-likeness (QED) is 0.863. The van der Waals surface area contributed by atoms with Crippen LogP contribution in [0.25, 0.3) is 0 Å². The molecule has 2 heterocycles. The first-order chi connectivity index (χ1) is 10.7. The van der Waals surface area contributed by atoms with Crippen LogP contribution in [0.5, 0.6) is 0 Å². The van der Waals surface area contributed by atoms with Gasteiger partial charge in [-0.2, -0.15) is 5.10 Å². The molecule has 1 aliphatic heterocycles. The molecule has 22 heavy (non-hydrogen) atoms. The van der Waals surface area contributed by atoms with Gasteiger partial charge in [0, 0.05) is 39.4 Å². The minimum Gasteiger partial charge on any atom is -0.379 e. The van der Waals surface area contributed by atoms with Crippen LogP contribution in [-0.2, 0) is 16.6 Å². The summed E-state index contributed by atoms with van der Waals surface area (Å²) in [6.07, 6.45) is 8.45. The van der Waals surface area contributed by atoms with Gasteiger partial charge in [-0.1, -0.05) is 12.8 Å². The Kier molecular flexibility index (Phi) is 4.78. The lowest BCUT2D eigenvalue weighted by Crippen LogP contribution is -2.48. The van der Waals surface area contributed by atoms with Gasteiger partial charge >= 0.3 is 0 Å². The van der Waals surface area contributed by atoms with Crippen LogP contribution in [0.15, 0.2) is 12.4 Å². The van der Waals surface area contributed by atoms with E-state index in [4.69, 9.17) is 4.74 Å². The fourth-order valence-corrected chi connectivity index (χ4v) is 3.77. The second kappa shape index (κ2) is 6.79. The van der Waals surface area contributed by atoms with Crippen molar-refractivity contribution in [3.8, 4) is 0 Å². The maximum atomic E-state index is 12.7. The summed E-state index contributed by atoms with van der Waals surface area (Å²) in [5.41, 5.74) is 1.14. The number of aromatic nitrogens is 2. The number of rotatable bonds is 4. The van der Waals surface area contributed by atoms with E-state index in [2.05, 4.69) is 15.7 Å². The molecule has 122 valence electrons. The topological polar surface area (TPSA) is 68.2 Å². The van der Waals surface area contributed by atoms with Gasteiger partial charge in [-0.05, 0) is 18.4 Å². The Morgan fingerprint density at radius 3 is 2.95 bits per heavy atom. The van der Waals surface area contributed by atoms with Crippen molar-refractivity contribution in [1.29, 1.82) is 0 Å². The van der Waals surface area contributed by atoms with E-state index in [-0.39, 0.29) is 29.9 Å². The van der Waals surface area contributed by atoms with Gasteiger partial charge in [-0.25, -0.2) is 0 Å². The Bertz CT molecular complexity index is 516. The van der Waals surface area contributed by atoms with E-state index in [9.17, 15) is 4.79 Å². The average Bonchev–Trinajstić information content (AvgIpc) is 3.16. The van der Waals surface area contributed by atoms with Crippen LogP contribution in [0, 0.1) is 5.92 Å². The summed E-state index contributed by atoms with van der Waals surface area (Å²) < 4.78 is 7.33. The highest BCUT2D eigenvalue weighted by Crippen LogP contribution is 2.29. The minimum atomic E-state index is -0.0244. The Hall–Kier alpha value is -1.40. The summed E-state index contributed by atoms with van der Waals surface area (Å²) in [4.78, 5) is 12.7. The van der Waals surface area contributed by atoms with Crippen LogP contribution in [0.3, 0.4) is 0 Å². The van der Waals surface area contributed by atoms with Crippen molar-refractivity contribution in [3.63, 3.8) is 0 Å². The molecule has 1 saturated carbocycles. The number of nitrogens with one attached hydrogen (secondary N) is 2. The van der Waals surface area contributed by atoms with E-state index in [0.29, 0.717) is 0 Å². The minimum absolute atomic E-state index is 0.0244. The van der Waals surface area contributed by atoms with Crippen LogP contribution in [0.1, 0.15) is 37.2 Å². The molecular formula is C16H26N4O2. The van der Waals surface area contributed by atoms with Crippen molar-refractivity contribution in [2.45, 2.75) is 43.7 Å². The van der Waals surface area contributed by atoms with Gasteiger partial charge in [0.1, 0.15) is 0 Å². The number of hydrogen-bond acceptors (Lipinski definition) is 4. The van der Waals surface area contributed by atoms with Gasteiger partial charge in [0.15, 0.2) is 0 Å². The Morgan fingerprint density at radius 1 is 1.41 bits per heavy atom. The SMILES string of the molecule is COC1CCCCC1NC(=O)[C@H]1CNC[C@@H]1c1cnn(C)c1. The number of nitrogens with zero attached hydrogens (tertiary/aromatic N) is 2. The largest absolute Gasteiger partial charge is 0.379 e. The van der Waals surface area contributed by atoms with Crippen molar-refractivity contribution in [2.24, 2.45) is 13.0 Å². The zero-order valence-electron chi connectivity index (χ0n) is 13.4. The van der Waals surface area contributed by atoms with Crippen molar-refractivity contribution in [3.05, 3.63) is 18.0 Å². The normalized spacial score (nSPS) is 32.1. The zero-order valence-corrected chi connectivity index (χ0v) is 13.4. The Balaban J connectivity index is 1.65. The van der Waals surface area contributed by atoms with Crippen LogP contribution >= 0.6 is 0 Å². The number of methoxy groups -OCH3 is 1. The standard InChI is InChI=1S/C16H26N4O2/c1-20-10-11(7-18-20)12-8-17-9-13(12)16(21)19-14-5-3-4-6-15(14)22-2/h7,10,12-15,17H,3-6,8-9H2,1-2H3,(H,19,21)/t12-,13+,14?,15?/m1/s1. The average molecular weight is 306 g/mol. The third-order valence-electron chi connectivity index (χ3n) is 5.04. The number of hydrogen-bond donors (Lipinski definition) is 2. The summed E-state index contributed by atoms with van der Waals surface area (Å²) in [5, 5.41) is 10.8. The maximum Gasteiger partial charge on any atom is 0.225 e. The molecule has 2 unspecified atom stereocenters. The van der Waals surface area contributed by atoms with E-state index in [1.807, 2.05) is 19.4 Å².